The molecule has 1 atom stereocenters. The molecule has 1 amide bonds. The first-order chi connectivity index (χ1) is 16.2. The van der Waals surface area contributed by atoms with Gasteiger partial charge < -0.3 is 9.64 Å². The van der Waals surface area contributed by atoms with Crippen LogP contribution in [0.25, 0.3) is 0 Å². The maximum Gasteiger partial charge on any atom is 0.260 e. The number of pyridine rings is 1. The highest BCUT2D eigenvalue weighted by atomic mass is 16.5. The summed E-state index contributed by atoms with van der Waals surface area (Å²) in [6.45, 7) is 2.54. The van der Waals surface area contributed by atoms with E-state index in [-0.39, 0.29) is 12.5 Å². The second kappa shape index (κ2) is 11.6. The molecule has 1 aliphatic rings. The molecule has 0 spiro atoms. The summed E-state index contributed by atoms with van der Waals surface area (Å²) in [4.78, 5) is 21.4. The van der Waals surface area contributed by atoms with Gasteiger partial charge in [0.2, 0.25) is 0 Å². The fourth-order valence-electron chi connectivity index (χ4n) is 4.72. The van der Waals surface area contributed by atoms with Gasteiger partial charge in [0.05, 0.1) is 0 Å². The molecule has 172 valence electrons. The maximum absolute atomic E-state index is 12.7. The third kappa shape index (κ3) is 6.65. The standard InChI is InChI=1S/C28H33N3O2/c1-30(21-24-11-8-16-29-20-24)27(19-23-9-4-2-5-10-23)25-14-17-31(18-15-25)28(32)22-33-26-12-6-3-7-13-26/h2-13,16,20,25,27H,14-15,17-19,21-22H2,1H3/t27-/m0/s1. The molecule has 1 aliphatic heterocycles. The SMILES string of the molecule is CN(Cc1cccnc1)[C@@H](Cc1ccccc1)C1CCN(C(=O)COc2ccccc2)CC1. The lowest BCUT2D eigenvalue weighted by atomic mass is 9.85. The first-order valence-electron chi connectivity index (χ1n) is 11.8. The summed E-state index contributed by atoms with van der Waals surface area (Å²) in [7, 11) is 2.21. The number of carbonyl (C=O) groups excluding carboxylic acids is 1. The van der Waals surface area contributed by atoms with Crippen molar-refractivity contribution >= 4 is 5.91 Å². The van der Waals surface area contributed by atoms with E-state index in [9.17, 15) is 4.79 Å². The Hall–Kier alpha value is -3.18. The number of likely N-dealkylation sites (tertiary alicyclic amines) is 1. The Morgan fingerprint density at radius 1 is 1.00 bits per heavy atom. The highest BCUT2D eigenvalue weighted by Gasteiger charge is 2.31. The van der Waals surface area contributed by atoms with Gasteiger partial charge in [-0.25, -0.2) is 0 Å². The Labute approximate surface area is 197 Å². The van der Waals surface area contributed by atoms with E-state index in [1.165, 1.54) is 11.1 Å². The number of hydrogen-bond donors (Lipinski definition) is 0. The minimum absolute atomic E-state index is 0.0700. The predicted molar refractivity (Wildman–Crippen MR) is 131 cm³/mol. The number of aromatic nitrogens is 1. The average Bonchev–Trinajstić information content (AvgIpc) is 2.88. The Balaban J connectivity index is 1.36. The van der Waals surface area contributed by atoms with Crippen molar-refractivity contribution in [3.8, 4) is 5.75 Å². The fraction of sp³-hybridized carbons (Fsp3) is 0.357. The van der Waals surface area contributed by atoms with Gasteiger partial charge in [0.25, 0.3) is 5.91 Å². The van der Waals surface area contributed by atoms with Gasteiger partial charge in [-0.2, -0.15) is 0 Å². The smallest absolute Gasteiger partial charge is 0.260 e. The number of rotatable bonds is 9. The highest BCUT2D eigenvalue weighted by Crippen LogP contribution is 2.27. The minimum Gasteiger partial charge on any atom is -0.484 e. The highest BCUT2D eigenvalue weighted by molar-refractivity contribution is 5.77. The third-order valence-electron chi connectivity index (χ3n) is 6.55. The van der Waals surface area contributed by atoms with E-state index in [0.29, 0.717) is 12.0 Å². The Bertz CT molecular complexity index is 974. The number of ether oxygens (including phenoxy) is 1. The molecule has 3 aromatic rings. The zero-order valence-corrected chi connectivity index (χ0v) is 19.3. The zero-order valence-electron chi connectivity index (χ0n) is 19.3. The predicted octanol–water partition coefficient (Wildman–Crippen LogP) is 4.44. The third-order valence-corrected chi connectivity index (χ3v) is 6.55. The molecule has 1 fully saturated rings. The molecule has 5 heteroatoms. The molecular formula is C28H33N3O2. The summed E-state index contributed by atoms with van der Waals surface area (Å²) in [6.07, 6.45) is 6.79. The summed E-state index contributed by atoms with van der Waals surface area (Å²) in [5.74, 6) is 1.34. The van der Waals surface area contributed by atoms with Crippen LogP contribution in [0.4, 0.5) is 0 Å². The van der Waals surface area contributed by atoms with Crippen LogP contribution in [0.3, 0.4) is 0 Å². The van der Waals surface area contributed by atoms with E-state index >= 15 is 0 Å². The zero-order chi connectivity index (χ0) is 22.9. The first-order valence-corrected chi connectivity index (χ1v) is 11.8. The molecule has 5 nitrogen and oxygen atoms in total. The van der Waals surface area contributed by atoms with Gasteiger partial charge in [0.15, 0.2) is 6.61 Å². The molecular weight excluding hydrogens is 410 g/mol. The first kappa shape index (κ1) is 23.0. The van der Waals surface area contributed by atoms with E-state index in [1.807, 2.05) is 53.7 Å². The number of nitrogens with zero attached hydrogens (tertiary/aromatic N) is 3. The second-order valence-corrected chi connectivity index (χ2v) is 8.85. The van der Waals surface area contributed by atoms with Gasteiger partial charge in [-0.1, -0.05) is 54.6 Å². The molecule has 0 saturated carbocycles. The summed E-state index contributed by atoms with van der Waals surface area (Å²) in [6, 6.07) is 24.8. The van der Waals surface area contributed by atoms with E-state index < -0.39 is 0 Å². The van der Waals surface area contributed by atoms with Crippen molar-refractivity contribution in [2.45, 2.75) is 31.8 Å². The van der Waals surface area contributed by atoms with Crippen molar-refractivity contribution in [1.29, 1.82) is 0 Å². The lowest BCUT2D eigenvalue weighted by molar-refractivity contribution is -0.135. The lowest BCUT2D eigenvalue weighted by Crippen LogP contribution is -2.47. The van der Waals surface area contributed by atoms with Crippen molar-refractivity contribution in [3.63, 3.8) is 0 Å². The van der Waals surface area contributed by atoms with Crippen LogP contribution in [0.2, 0.25) is 0 Å². The molecule has 1 saturated heterocycles. The van der Waals surface area contributed by atoms with Gasteiger partial charge >= 0.3 is 0 Å². The summed E-state index contributed by atoms with van der Waals surface area (Å²) in [5, 5.41) is 0. The number of amides is 1. The van der Waals surface area contributed by atoms with Gasteiger partial charge in [-0.15, -0.1) is 0 Å². The summed E-state index contributed by atoms with van der Waals surface area (Å²) < 4.78 is 5.67. The molecule has 2 aromatic carbocycles. The molecule has 0 N–H and O–H groups in total. The topological polar surface area (TPSA) is 45.7 Å². The number of likely N-dealkylation sites (N-methyl/N-ethyl adjacent to an activating group) is 1. The van der Waals surface area contributed by atoms with E-state index in [2.05, 4.69) is 53.3 Å². The number of piperidine rings is 1. The van der Waals surface area contributed by atoms with Crippen LogP contribution in [-0.4, -0.2) is 53.5 Å². The molecule has 0 bridgehead atoms. The average molecular weight is 444 g/mol. The normalized spacial score (nSPS) is 15.4. The van der Waals surface area contributed by atoms with Crippen LogP contribution in [0.1, 0.15) is 24.0 Å². The Morgan fingerprint density at radius 2 is 1.67 bits per heavy atom. The van der Waals surface area contributed by atoms with Crippen LogP contribution in [0, 0.1) is 5.92 Å². The van der Waals surface area contributed by atoms with Crippen molar-refractivity contribution in [1.82, 2.24) is 14.8 Å². The number of para-hydroxylation sites is 1. The van der Waals surface area contributed by atoms with Crippen molar-refractivity contribution < 1.29 is 9.53 Å². The van der Waals surface area contributed by atoms with E-state index in [1.54, 1.807) is 0 Å². The van der Waals surface area contributed by atoms with Gasteiger partial charge in [-0.05, 0) is 61.6 Å². The molecule has 0 unspecified atom stereocenters. The molecule has 0 aliphatic carbocycles. The second-order valence-electron chi connectivity index (χ2n) is 8.85. The molecule has 2 heterocycles. The monoisotopic (exact) mass is 443 g/mol. The number of benzene rings is 2. The van der Waals surface area contributed by atoms with Crippen LogP contribution < -0.4 is 4.74 Å². The Kier molecular flexibility index (Phi) is 8.09. The van der Waals surface area contributed by atoms with Crippen LogP contribution in [-0.2, 0) is 17.8 Å². The molecule has 4 rings (SSSR count). The van der Waals surface area contributed by atoms with Gasteiger partial charge in [0.1, 0.15) is 5.75 Å². The van der Waals surface area contributed by atoms with Crippen molar-refractivity contribution in [2.75, 3.05) is 26.7 Å². The molecule has 1 aromatic heterocycles. The van der Waals surface area contributed by atoms with E-state index in [4.69, 9.17) is 4.74 Å². The van der Waals surface area contributed by atoms with Crippen molar-refractivity contribution in [3.05, 3.63) is 96.3 Å². The van der Waals surface area contributed by atoms with Crippen molar-refractivity contribution in [2.24, 2.45) is 5.92 Å². The number of hydrogen-bond acceptors (Lipinski definition) is 4. The largest absolute Gasteiger partial charge is 0.484 e. The van der Waals surface area contributed by atoms with Crippen LogP contribution in [0.15, 0.2) is 85.2 Å². The maximum atomic E-state index is 12.7. The summed E-state index contributed by atoms with van der Waals surface area (Å²) in [5.41, 5.74) is 2.58. The van der Waals surface area contributed by atoms with Gasteiger partial charge in [0, 0.05) is 38.1 Å². The molecule has 33 heavy (non-hydrogen) atoms. The fourth-order valence-corrected chi connectivity index (χ4v) is 4.72. The Morgan fingerprint density at radius 3 is 2.33 bits per heavy atom. The lowest BCUT2D eigenvalue weighted by Gasteiger charge is -2.40. The number of carbonyl (C=O) groups is 1. The van der Waals surface area contributed by atoms with Crippen LogP contribution in [0.5, 0.6) is 5.75 Å². The van der Waals surface area contributed by atoms with E-state index in [0.717, 1.165) is 44.6 Å². The minimum atomic E-state index is 0.0700. The quantitative estimate of drug-likeness (QED) is 0.490. The summed E-state index contributed by atoms with van der Waals surface area (Å²) >= 11 is 0. The molecule has 0 radical (unpaired) electrons. The van der Waals surface area contributed by atoms with Gasteiger partial charge in [-0.3, -0.25) is 14.7 Å². The van der Waals surface area contributed by atoms with Crippen LogP contribution >= 0.6 is 0 Å².